The number of nitrogens with one attached hydrogen (secondary N) is 1. The van der Waals surface area contributed by atoms with Crippen molar-refractivity contribution in [3.63, 3.8) is 0 Å². The molecule has 0 aromatic heterocycles. The summed E-state index contributed by atoms with van der Waals surface area (Å²) in [5.41, 5.74) is 0.776. The van der Waals surface area contributed by atoms with E-state index in [-0.39, 0.29) is 17.1 Å². The zero-order chi connectivity index (χ0) is 17.1. The van der Waals surface area contributed by atoms with Gasteiger partial charge in [0.25, 0.3) is 5.91 Å². The summed E-state index contributed by atoms with van der Waals surface area (Å²) in [6, 6.07) is 15.8. The van der Waals surface area contributed by atoms with Crippen molar-refractivity contribution in [2.45, 2.75) is 6.54 Å². The van der Waals surface area contributed by atoms with Gasteiger partial charge in [-0.2, -0.15) is 0 Å². The predicted molar refractivity (Wildman–Crippen MR) is 93.1 cm³/mol. The lowest BCUT2D eigenvalue weighted by Crippen LogP contribution is -2.24. The number of hydrogen-bond donors (Lipinski definition) is 1. The van der Waals surface area contributed by atoms with E-state index in [2.05, 4.69) is 5.32 Å². The Hall–Kier alpha value is -2.59. The Morgan fingerprint density at radius 2 is 1.88 bits per heavy atom. The van der Waals surface area contributed by atoms with Crippen molar-refractivity contribution in [2.75, 3.05) is 7.11 Å². The van der Waals surface area contributed by atoms with Gasteiger partial charge in [0.1, 0.15) is 11.6 Å². The topological polar surface area (TPSA) is 38.3 Å². The molecule has 5 heteroatoms. The van der Waals surface area contributed by atoms with Crippen LogP contribution in [-0.2, 0) is 6.54 Å². The van der Waals surface area contributed by atoms with Crippen molar-refractivity contribution in [3.05, 3.63) is 76.6 Å². The minimum absolute atomic E-state index is 0.0955. The van der Waals surface area contributed by atoms with Crippen LogP contribution < -0.4 is 10.1 Å². The highest BCUT2D eigenvalue weighted by atomic mass is 35.5. The van der Waals surface area contributed by atoms with Crippen molar-refractivity contribution in [3.8, 4) is 5.75 Å². The van der Waals surface area contributed by atoms with Gasteiger partial charge in [0.2, 0.25) is 0 Å². The van der Waals surface area contributed by atoms with E-state index in [4.69, 9.17) is 16.3 Å². The molecule has 0 fully saturated rings. The number of hydrogen-bond acceptors (Lipinski definition) is 2. The average molecular weight is 344 g/mol. The number of carbonyl (C=O) groups excluding carboxylic acids is 1. The Bertz CT molecular complexity index is 891. The first-order chi connectivity index (χ1) is 11.6. The maximum atomic E-state index is 13.7. The maximum absolute atomic E-state index is 13.7. The molecular formula is C19H15ClFNO2. The lowest BCUT2D eigenvalue weighted by molar-refractivity contribution is 0.0947. The molecule has 3 aromatic rings. The standard InChI is InChI=1S/C19H15ClFNO2/c1-24-15-8-7-13-9-12(5-6-14(13)10-15)11-22-19(23)18-16(20)3-2-4-17(18)21/h2-10H,11H2,1H3,(H,22,23). The molecule has 0 spiro atoms. The van der Waals surface area contributed by atoms with Crippen LogP contribution in [0.25, 0.3) is 10.8 Å². The van der Waals surface area contributed by atoms with Crippen molar-refractivity contribution in [1.82, 2.24) is 5.32 Å². The van der Waals surface area contributed by atoms with Gasteiger partial charge in [-0.05, 0) is 46.7 Å². The highest BCUT2D eigenvalue weighted by molar-refractivity contribution is 6.33. The summed E-state index contributed by atoms with van der Waals surface area (Å²) < 4.78 is 18.9. The molecule has 0 saturated carbocycles. The molecule has 3 nitrogen and oxygen atoms in total. The van der Waals surface area contributed by atoms with E-state index in [0.717, 1.165) is 22.1 Å². The Morgan fingerprint density at radius 3 is 2.62 bits per heavy atom. The van der Waals surface area contributed by atoms with Gasteiger partial charge in [0, 0.05) is 6.54 Å². The molecule has 0 unspecified atom stereocenters. The maximum Gasteiger partial charge on any atom is 0.256 e. The minimum atomic E-state index is -0.634. The normalized spacial score (nSPS) is 10.6. The highest BCUT2D eigenvalue weighted by Crippen LogP contribution is 2.22. The Morgan fingerprint density at radius 1 is 1.12 bits per heavy atom. The van der Waals surface area contributed by atoms with E-state index in [9.17, 15) is 9.18 Å². The summed E-state index contributed by atoms with van der Waals surface area (Å²) in [5.74, 6) is -0.378. The van der Waals surface area contributed by atoms with Crippen LogP contribution in [0.4, 0.5) is 4.39 Å². The summed E-state index contributed by atoms with van der Waals surface area (Å²) >= 11 is 5.90. The second kappa shape index (κ2) is 6.89. The molecular weight excluding hydrogens is 329 g/mol. The smallest absolute Gasteiger partial charge is 0.256 e. The molecule has 0 aliphatic carbocycles. The fourth-order valence-electron chi connectivity index (χ4n) is 2.50. The zero-order valence-corrected chi connectivity index (χ0v) is 13.7. The molecule has 0 aliphatic heterocycles. The zero-order valence-electron chi connectivity index (χ0n) is 13.0. The van der Waals surface area contributed by atoms with E-state index in [1.165, 1.54) is 18.2 Å². The summed E-state index contributed by atoms with van der Waals surface area (Å²) in [6.07, 6.45) is 0. The Labute approximate surface area is 144 Å². The quantitative estimate of drug-likeness (QED) is 0.753. The summed E-state index contributed by atoms with van der Waals surface area (Å²) in [4.78, 5) is 12.2. The molecule has 0 heterocycles. The Balaban J connectivity index is 1.77. The number of fused-ring (bicyclic) bond motifs is 1. The molecule has 24 heavy (non-hydrogen) atoms. The second-order valence-corrected chi connectivity index (χ2v) is 5.73. The van der Waals surface area contributed by atoms with E-state index in [0.29, 0.717) is 0 Å². The van der Waals surface area contributed by atoms with Crippen LogP contribution >= 0.6 is 11.6 Å². The number of rotatable bonds is 4. The largest absolute Gasteiger partial charge is 0.497 e. The number of halogens is 2. The van der Waals surface area contributed by atoms with Gasteiger partial charge < -0.3 is 10.1 Å². The van der Waals surface area contributed by atoms with Gasteiger partial charge in [-0.3, -0.25) is 4.79 Å². The number of methoxy groups -OCH3 is 1. The van der Waals surface area contributed by atoms with Crippen LogP contribution in [-0.4, -0.2) is 13.0 Å². The van der Waals surface area contributed by atoms with Gasteiger partial charge in [0.05, 0.1) is 17.7 Å². The van der Waals surface area contributed by atoms with Gasteiger partial charge in [-0.1, -0.05) is 35.9 Å². The van der Waals surface area contributed by atoms with Gasteiger partial charge in [-0.15, -0.1) is 0 Å². The van der Waals surface area contributed by atoms with Crippen molar-refractivity contribution < 1.29 is 13.9 Å². The molecule has 0 aliphatic rings. The van der Waals surface area contributed by atoms with Crippen molar-refractivity contribution >= 4 is 28.3 Å². The average Bonchev–Trinajstić information content (AvgIpc) is 2.59. The van der Waals surface area contributed by atoms with Crippen molar-refractivity contribution in [2.24, 2.45) is 0 Å². The Kier molecular flexibility index (Phi) is 4.67. The summed E-state index contributed by atoms with van der Waals surface area (Å²) in [7, 11) is 1.62. The van der Waals surface area contributed by atoms with Crippen LogP contribution in [0.3, 0.4) is 0 Å². The minimum Gasteiger partial charge on any atom is -0.497 e. The lowest BCUT2D eigenvalue weighted by atomic mass is 10.1. The van der Waals surface area contributed by atoms with E-state index >= 15 is 0 Å². The van der Waals surface area contributed by atoms with Crippen molar-refractivity contribution in [1.29, 1.82) is 0 Å². The van der Waals surface area contributed by atoms with E-state index in [1.54, 1.807) is 7.11 Å². The van der Waals surface area contributed by atoms with Crippen LogP contribution in [0, 0.1) is 5.82 Å². The third-order valence-electron chi connectivity index (χ3n) is 3.75. The van der Waals surface area contributed by atoms with Crippen LogP contribution in [0.1, 0.15) is 15.9 Å². The highest BCUT2D eigenvalue weighted by Gasteiger charge is 2.15. The van der Waals surface area contributed by atoms with Crippen LogP contribution in [0.2, 0.25) is 5.02 Å². The third-order valence-corrected chi connectivity index (χ3v) is 4.07. The molecule has 0 atom stereocenters. The van der Waals surface area contributed by atoms with Crippen LogP contribution in [0.5, 0.6) is 5.75 Å². The number of ether oxygens (including phenoxy) is 1. The SMILES string of the molecule is COc1ccc2cc(CNC(=O)c3c(F)cccc3Cl)ccc2c1. The van der Waals surface area contributed by atoms with E-state index in [1.807, 2.05) is 36.4 Å². The lowest BCUT2D eigenvalue weighted by Gasteiger charge is -2.09. The fraction of sp³-hybridized carbons (Fsp3) is 0.105. The van der Waals surface area contributed by atoms with Gasteiger partial charge >= 0.3 is 0 Å². The molecule has 3 rings (SSSR count). The first kappa shape index (κ1) is 16.3. The molecule has 0 bridgehead atoms. The first-order valence-corrected chi connectivity index (χ1v) is 7.75. The fourth-order valence-corrected chi connectivity index (χ4v) is 2.74. The molecule has 3 aromatic carbocycles. The summed E-state index contributed by atoms with van der Waals surface area (Å²) in [6.45, 7) is 0.283. The molecule has 1 N–H and O–H groups in total. The monoisotopic (exact) mass is 343 g/mol. The second-order valence-electron chi connectivity index (χ2n) is 5.33. The first-order valence-electron chi connectivity index (χ1n) is 7.37. The molecule has 1 amide bonds. The molecule has 0 saturated heterocycles. The third kappa shape index (κ3) is 3.34. The summed E-state index contributed by atoms with van der Waals surface area (Å²) in [5, 5.41) is 4.87. The molecule has 122 valence electrons. The molecule has 0 radical (unpaired) electrons. The van der Waals surface area contributed by atoms with Crippen LogP contribution in [0.15, 0.2) is 54.6 Å². The number of amides is 1. The number of carbonyl (C=O) groups is 1. The predicted octanol–water partition coefficient (Wildman–Crippen LogP) is 4.57. The van der Waals surface area contributed by atoms with Gasteiger partial charge in [-0.25, -0.2) is 4.39 Å². The van der Waals surface area contributed by atoms with Gasteiger partial charge in [0.15, 0.2) is 0 Å². The number of benzene rings is 3. The van der Waals surface area contributed by atoms with E-state index < -0.39 is 11.7 Å².